The molecule has 1 fully saturated rings. The van der Waals surface area contributed by atoms with Crippen molar-refractivity contribution < 1.29 is 14.6 Å². The van der Waals surface area contributed by atoms with Gasteiger partial charge in [-0.2, -0.15) is 5.10 Å². The van der Waals surface area contributed by atoms with E-state index >= 15 is 0 Å². The van der Waals surface area contributed by atoms with Gasteiger partial charge >= 0.3 is 0 Å². The first kappa shape index (κ1) is 25.7. The Balaban J connectivity index is 1.60. The van der Waals surface area contributed by atoms with Crippen molar-refractivity contribution in [1.82, 2.24) is 14.7 Å². The van der Waals surface area contributed by atoms with E-state index in [1.54, 1.807) is 4.68 Å². The molecular weight excluding hydrogens is 462 g/mol. The van der Waals surface area contributed by atoms with E-state index in [9.17, 15) is 5.11 Å². The maximum absolute atomic E-state index is 10.7. The first-order valence-electron chi connectivity index (χ1n) is 12.4. The number of aliphatic hydroxyl groups is 1. The Morgan fingerprint density at radius 1 is 1.09 bits per heavy atom. The lowest BCUT2D eigenvalue weighted by atomic mass is 10.1. The average molecular weight is 498 g/mol. The van der Waals surface area contributed by atoms with Gasteiger partial charge in [0, 0.05) is 43.9 Å². The summed E-state index contributed by atoms with van der Waals surface area (Å²) in [7, 11) is 1.90. The van der Waals surface area contributed by atoms with Gasteiger partial charge in [-0.05, 0) is 48.9 Å². The summed E-state index contributed by atoms with van der Waals surface area (Å²) in [6, 6.07) is 17.5. The molecule has 1 aliphatic rings. The largest absolute Gasteiger partial charge is 0.439 e. The molecule has 6 nitrogen and oxygen atoms in total. The van der Waals surface area contributed by atoms with E-state index in [2.05, 4.69) is 30.9 Å². The highest BCUT2D eigenvalue weighted by molar-refractivity contribution is 6.30. The molecule has 0 spiro atoms. The van der Waals surface area contributed by atoms with Crippen LogP contribution in [0.2, 0.25) is 5.02 Å². The highest BCUT2D eigenvalue weighted by Gasteiger charge is 2.28. The smallest absolute Gasteiger partial charge is 0.222 e. The van der Waals surface area contributed by atoms with Gasteiger partial charge in [0.1, 0.15) is 11.4 Å². The molecule has 1 aliphatic carbocycles. The quantitative estimate of drug-likeness (QED) is 0.324. The molecule has 35 heavy (non-hydrogen) atoms. The number of ether oxygens (including phenoxy) is 2. The van der Waals surface area contributed by atoms with E-state index in [-0.39, 0.29) is 0 Å². The first-order chi connectivity index (χ1) is 16.9. The van der Waals surface area contributed by atoms with Gasteiger partial charge in [-0.15, -0.1) is 0 Å². The third-order valence-corrected chi connectivity index (χ3v) is 6.24. The average Bonchev–Trinajstić information content (AvgIpc) is 3.60. The van der Waals surface area contributed by atoms with Crippen LogP contribution < -0.4 is 4.74 Å². The molecule has 3 aromatic rings. The summed E-state index contributed by atoms with van der Waals surface area (Å²) in [6.45, 7) is 7.32. The molecule has 0 unspecified atom stereocenters. The summed E-state index contributed by atoms with van der Waals surface area (Å²) >= 11 is 6.07. The molecule has 1 atom stereocenters. The highest BCUT2D eigenvalue weighted by Crippen LogP contribution is 2.36. The lowest BCUT2D eigenvalue weighted by Gasteiger charge is -2.26. The van der Waals surface area contributed by atoms with Gasteiger partial charge in [0.2, 0.25) is 5.88 Å². The summed E-state index contributed by atoms with van der Waals surface area (Å²) in [5, 5.41) is 16.2. The van der Waals surface area contributed by atoms with Crippen molar-refractivity contribution in [3.63, 3.8) is 0 Å². The Morgan fingerprint density at radius 3 is 2.46 bits per heavy atom. The number of hydrogen-bond acceptors (Lipinski definition) is 5. The number of nitrogens with zero attached hydrogens (tertiary/aromatic N) is 3. The summed E-state index contributed by atoms with van der Waals surface area (Å²) < 4.78 is 13.8. The topological polar surface area (TPSA) is 59.8 Å². The van der Waals surface area contributed by atoms with Crippen LogP contribution in [0.25, 0.3) is 11.3 Å². The molecule has 0 bridgehead atoms. The Hall–Kier alpha value is -2.38. The van der Waals surface area contributed by atoms with Crippen LogP contribution in [-0.4, -0.2) is 52.2 Å². The Morgan fingerprint density at radius 2 is 1.80 bits per heavy atom. The number of rotatable bonds is 13. The molecular formula is C28H36ClN3O3. The number of aryl methyl sites for hydroxylation is 1. The Labute approximate surface area is 213 Å². The molecule has 0 aliphatic heterocycles. The zero-order valence-corrected chi connectivity index (χ0v) is 21.6. The van der Waals surface area contributed by atoms with Gasteiger partial charge < -0.3 is 14.6 Å². The van der Waals surface area contributed by atoms with Crippen molar-refractivity contribution in [2.24, 2.45) is 18.9 Å². The van der Waals surface area contributed by atoms with Crippen LogP contribution in [0.5, 0.6) is 11.6 Å². The Kier molecular flexibility index (Phi) is 8.84. The lowest BCUT2D eigenvalue weighted by Crippen LogP contribution is -2.36. The van der Waals surface area contributed by atoms with Crippen LogP contribution in [0.3, 0.4) is 0 Å². The van der Waals surface area contributed by atoms with Crippen molar-refractivity contribution in [1.29, 1.82) is 0 Å². The van der Waals surface area contributed by atoms with E-state index in [0.717, 1.165) is 23.4 Å². The third-order valence-electron chi connectivity index (χ3n) is 5.99. The van der Waals surface area contributed by atoms with Crippen LogP contribution in [0.4, 0.5) is 0 Å². The van der Waals surface area contributed by atoms with Crippen molar-refractivity contribution in [3.05, 3.63) is 65.2 Å². The minimum atomic E-state index is -0.551. The molecule has 1 aromatic heterocycles. The van der Waals surface area contributed by atoms with Crippen LogP contribution in [-0.2, 0) is 18.3 Å². The second-order valence-corrected chi connectivity index (χ2v) is 10.3. The standard InChI is InChI=1S/C28H36ClN3O3/c1-20(2)18-34-19-24(33)16-32(15-21-9-10-21)17-26-27(22-7-5-4-6-8-22)30-31(3)28(26)35-25-13-11-23(29)12-14-25/h4-8,11-14,20-21,24,33H,9-10,15-19H2,1-3H3/t24-/m0/s1. The zero-order valence-electron chi connectivity index (χ0n) is 20.9. The summed E-state index contributed by atoms with van der Waals surface area (Å²) in [5.41, 5.74) is 2.93. The van der Waals surface area contributed by atoms with Crippen LogP contribution in [0, 0.1) is 11.8 Å². The lowest BCUT2D eigenvalue weighted by molar-refractivity contribution is 0.00613. The van der Waals surface area contributed by atoms with Gasteiger partial charge in [-0.3, -0.25) is 4.90 Å². The van der Waals surface area contributed by atoms with Crippen LogP contribution in [0.15, 0.2) is 54.6 Å². The van der Waals surface area contributed by atoms with Gasteiger partial charge in [0.05, 0.1) is 18.3 Å². The fraction of sp³-hybridized carbons (Fsp3) is 0.464. The van der Waals surface area contributed by atoms with E-state index in [1.165, 1.54) is 12.8 Å². The summed E-state index contributed by atoms with van der Waals surface area (Å²) in [4.78, 5) is 2.32. The Bertz CT molecular complexity index is 1070. The van der Waals surface area contributed by atoms with E-state index in [0.29, 0.717) is 54.8 Å². The minimum Gasteiger partial charge on any atom is -0.439 e. The predicted octanol–water partition coefficient (Wildman–Crippen LogP) is 5.78. The molecule has 2 aromatic carbocycles. The highest BCUT2D eigenvalue weighted by atomic mass is 35.5. The molecule has 1 N–H and O–H groups in total. The summed E-state index contributed by atoms with van der Waals surface area (Å²) in [6.07, 6.45) is 1.93. The van der Waals surface area contributed by atoms with Crippen molar-refractivity contribution in [3.8, 4) is 22.9 Å². The molecule has 1 heterocycles. The van der Waals surface area contributed by atoms with Gasteiger partial charge in [0.15, 0.2) is 0 Å². The minimum absolute atomic E-state index is 0.339. The fourth-order valence-corrected chi connectivity index (χ4v) is 4.27. The van der Waals surface area contributed by atoms with Crippen LogP contribution in [0.1, 0.15) is 32.3 Å². The van der Waals surface area contributed by atoms with Crippen molar-refractivity contribution in [2.75, 3.05) is 26.3 Å². The number of aromatic nitrogens is 2. The number of aliphatic hydroxyl groups excluding tert-OH is 1. The van der Waals surface area contributed by atoms with E-state index in [4.69, 9.17) is 26.2 Å². The predicted molar refractivity (Wildman–Crippen MR) is 140 cm³/mol. The number of halogens is 1. The monoisotopic (exact) mass is 497 g/mol. The molecule has 0 saturated heterocycles. The van der Waals surface area contributed by atoms with Gasteiger partial charge in [-0.1, -0.05) is 55.8 Å². The normalized spacial score (nSPS) is 14.6. The van der Waals surface area contributed by atoms with E-state index < -0.39 is 6.10 Å². The second-order valence-electron chi connectivity index (χ2n) is 9.90. The maximum Gasteiger partial charge on any atom is 0.222 e. The molecule has 0 radical (unpaired) electrons. The molecule has 4 rings (SSSR count). The molecule has 0 amide bonds. The third kappa shape index (κ3) is 7.55. The van der Waals surface area contributed by atoms with Gasteiger partial charge in [-0.25, -0.2) is 4.68 Å². The number of benzene rings is 2. The summed E-state index contributed by atoms with van der Waals surface area (Å²) in [5.74, 6) is 2.52. The zero-order chi connectivity index (χ0) is 24.8. The van der Waals surface area contributed by atoms with Crippen molar-refractivity contribution in [2.45, 2.75) is 39.3 Å². The molecule has 188 valence electrons. The maximum atomic E-state index is 10.7. The molecule has 7 heteroatoms. The number of hydrogen-bond donors (Lipinski definition) is 1. The molecule has 1 saturated carbocycles. The van der Waals surface area contributed by atoms with E-state index in [1.807, 2.05) is 49.5 Å². The van der Waals surface area contributed by atoms with Gasteiger partial charge in [0.25, 0.3) is 0 Å². The fourth-order valence-electron chi connectivity index (χ4n) is 4.15. The van der Waals surface area contributed by atoms with Crippen LogP contribution >= 0.6 is 11.6 Å². The second kappa shape index (κ2) is 12.0. The SMILES string of the molecule is CC(C)COC[C@@H](O)CN(Cc1c(-c2ccccc2)nn(C)c1Oc1ccc(Cl)cc1)CC1CC1. The van der Waals surface area contributed by atoms with Crippen molar-refractivity contribution >= 4 is 11.6 Å². The first-order valence-corrected chi connectivity index (χ1v) is 12.8.